The molecule has 6 heteroatoms. The van der Waals surface area contributed by atoms with Gasteiger partial charge in [-0.3, -0.25) is 9.69 Å². The molecule has 0 radical (unpaired) electrons. The van der Waals surface area contributed by atoms with Gasteiger partial charge in [-0.05, 0) is 43.4 Å². The summed E-state index contributed by atoms with van der Waals surface area (Å²) in [5.74, 6) is 0.405. The maximum Gasteiger partial charge on any atom is 0.238 e. The van der Waals surface area contributed by atoms with Crippen LogP contribution in [0.15, 0.2) is 12.1 Å². The number of benzene rings is 1. The summed E-state index contributed by atoms with van der Waals surface area (Å²) in [5, 5.41) is 3.53. The summed E-state index contributed by atoms with van der Waals surface area (Å²) in [7, 11) is 0. The summed E-state index contributed by atoms with van der Waals surface area (Å²) in [5.41, 5.74) is 8.80. The van der Waals surface area contributed by atoms with Crippen LogP contribution in [0, 0.1) is 19.8 Å². The van der Waals surface area contributed by atoms with E-state index in [0.717, 1.165) is 30.6 Å². The smallest absolute Gasteiger partial charge is 0.238 e. The quantitative estimate of drug-likeness (QED) is 0.885. The molecule has 1 aliphatic rings. The molecular weight excluding hydrogens is 321 g/mol. The molecule has 0 aliphatic carbocycles. The molecule has 0 aromatic heterocycles. The number of carbonyl (C=O) groups is 1. The number of nitrogens with two attached hydrogens (primary N) is 1. The summed E-state index contributed by atoms with van der Waals surface area (Å²) in [6.07, 6.45) is 0.943. The predicted octanol–water partition coefficient (Wildman–Crippen LogP) is 2.99. The van der Waals surface area contributed by atoms with Gasteiger partial charge in [0.15, 0.2) is 0 Å². The van der Waals surface area contributed by atoms with Crippen LogP contribution in [0.3, 0.4) is 0 Å². The Bertz CT molecular complexity index is 513. The Hall–Kier alpha value is -0.810. The summed E-state index contributed by atoms with van der Waals surface area (Å²) in [6.45, 7) is 8.21. The van der Waals surface area contributed by atoms with Crippen LogP contribution in [-0.2, 0) is 4.79 Å². The van der Waals surface area contributed by atoms with Crippen molar-refractivity contribution in [2.45, 2.75) is 33.2 Å². The Kier molecular flexibility index (Phi) is 7.13. The second-order valence-corrected chi connectivity index (χ2v) is 6.56. The fourth-order valence-electron chi connectivity index (χ4n) is 2.85. The highest BCUT2D eigenvalue weighted by molar-refractivity contribution is 6.34. The van der Waals surface area contributed by atoms with E-state index in [9.17, 15) is 4.79 Å². The van der Waals surface area contributed by atoms with E-state index < -0.39 is 0 Å². The fourth-order valence-corrected chi connectivity index (χ4v) is 3.22. The molecule has 1 aliphatic heterocycles. The van der Waals surface area contributed by atoms with Crippen molar-refractivity contribution < 1.29 is 4.79 Å². The number of likely N-dealkylation sites (tertiary alicyclic amines) is 1. The van der Waals surface area contributed by atoms with E-state index in [-0.39, 0.29) is 24.4 Å². The molecule has 0 bridgehead atoms. The second kappa shape index (κ2) is 8.16. The van der Waals surface area contributed by atoms with Crippen molar-refractivity contribution in [1.82, 2.24) is 4.90 Å². The molecule has 4 nitrogen and oxygen atoms in total. The van der Waals surface area contributed by atoms with E-state index in [2.05, 4.69) is 17.1 Å². The van der Waals surface area contributed by atoms with Crippen molar-refractivity contribution in [1.29, 1.82) is 0 Å². The van der Waals surface area contributed by atoms with E-state index in [1.165, 1.54) is 0 Å². The minimum atomic E-state index is -0.0217. The van der Waals surface area contributed by atoms with Gasteiger partial charge < -0.3 is 11.1 Å². The van der Waals surface area contributed by atoms with Gasteiger partial charge in [0.05, 0.1) is 17.3 Å². The highest BCUT2D eigenvalue weighted by atomic mass is 35.5. The molecular formula is C16H25Cl2N3O. The molecule has 3 N–H and O–H groups in total. The Balaban J connectivity index is 0.00000242. The van der Waals surface area contributed by atoms with Crippen molar-refractivity contribution in [2.24, 2.45) is 11.7 Å². The lowest BCUT2D eigenvalue weighted by molar-refractivity contribution is -0.117. The molecule has 124 valence electrons. The lowest BCUT2D eigenvalue weighted by atomic mass is 9.95. The van der Waals surface area contributed by atoms with Crippen LogP contribution in [0.2, 0.25) is 5.02 Å². The molecule has 22 heavy (non-hydrogen) atoms. The first-order chi connectivity index (χ1) is 9.86. The first kappa shape index (κ1) is 19.2. The SMILES string of the molecule is Cc1cc(C)c(NC(=O)CN2CCC(N)C(C)C2)c(Cl)c1.Cl. The Morgan fingerprint density at radius 1 is 1.45 bits per heavy atom. The largest absolute Gasteiger partial charge is 0.327 e. The molecule has 1 fully saturated rings. The van der Waals surface area contributed by atoms with Crippen LogP contribution < -0.4 is 11.1 Å². The first-order valence-electron chi connectivity index (χ1n) is 7.41. The number of aryl methyl sites for hydroxylation is 2. The van der Waals surface area contributed by atoms with Gasteiger partial charge in [-0.15, -0.1) is 12.4 Å². The molecule has 0 spiro atoms. The highest BCUT2D eigenvalue weighted by Gasteiger charge is 2.24. The van der Waals surface area contributed by atoms with E-state index in [1.807, 2.05) is 26.0 Å². The molecule has 2 unspecified atom stereocenters. The van der Waals surface area contributed by atoms with Crippen LogP contribution in [0.25, 0.3) is 0 Å². The lowest BCUT2D eigenvalue weighted by Gasteiger charge is -2.34. The van der Waals surface area contributed by atoms with Gasteiger partial charge in [0.25, 0.3) is 0 Å². The number of hydrogen-bond acceptors (Lipinski definition) is 3. The average Bonchev–Trinajstić information content (AvgIpc) is 2.38. The number of halogens is 2. The number of hydrogen-bond donors (Lipinski definition) is 2. The van der Waals surface area contributed by atoms with Crippen LogP contribution in [0.4, 0.5) is 5.69 Å². The van der Waals surface area contributed by atoms with Crippen LogP contribution in [-0.4, -0.2) is 36.5 Å². The van der Waals surface area contributed by atoms with Gasteiger partial charge in [-0.25, -0.2) is 0 Å². The number of carbonyl (C=O) groups excluding carboxylic acids is 1. The number of piperidine rings is 1. The van der Waals surface area contributed by atoms with Crippen molar-refractivity contribution in [3.05, 3.63) is 28.3 Å². The molecule has 1 saturated heterocycles. The van der Waals surface area contributed by atoms with Gasteiger partial charge >= 0.3 is 0 Å². The molecule has 2 rings (SSSR count). The van der Waals surface area contributed by atoms with E-state index in [1.54, 1.807) is 0 Å². The fraction of sp³-hybridized carbons (Fsp3) is 0.562. The highest BCUT2D eigenvalue weighted by Crippen LogP contribution is 2.27. The molecule has 1 amide bonds. The van der Waals surface area contributed by atoms with Crippen molar-refractivity contribution >= 4 is 35.6 Å². The molecule has 1 aromatic rings. The Labute approximate surface area is 143 Å². The summed E-state index contributed by atoms with van der Waals surface area (Å²) in [4.78, 5) is 14.4. The van der Waals surface area contributed by atoms with Crippen LogP contribution in [0.5, 0.6) is 0 Å². The Morgan fingerprint density at radius 2 is 2.14 bits per heavy atom. The van der Waals surface area contributed by atoms with Crippen molar-refractivity contribution in [2.75, 3.05) is 25.0 Å². The van der Waals surface area contributed by atoms with Gasteiger partial charge in [-0.2, -0.15) is 0 Å². The van der Waals surface area contributed by atoms with Gasteiger partial charge in [0.2, 0.25) is 5.91 Å². The van der Waals surface area contributed by atoms with Gasteiger partial charge in [-0.1, -0.05) is 24.6 Å². The van der Waals surface area contributed by atoms with E-state index in [0.29, 0.717) is 23.2 Å². The maximum absolute atomic E-state index is 12.2. The minimum Gasteiger partial charge on any atom is -0.327 e. The van der Waals surface area contributed by atoms with Crippen molar-refractivity contribution in [3.63, 3.8) is 0 Å². The topological polar surface area (TPSA) is 58.4 Å². The van der Waals surface area contributed by atoms with Crippen LogP contribution >= 0.6 is 24.0 Å². The molecule has 1 aromatic carbocycles. The lowest BCUT2D eigenvalue weighted by Crippen LogP contribution is -2.48. The number of amides is 1. The van der Waals surface area contributed by atoms with E-state index in [4.69, 9.17) is 17.3 Å². The summed E-state index contributed by atoms with van der Waals surface area (Å²) < 4.78 is 0. The monoisotopic (exact) mass is 345 g/mol. The number of anilines is 1. The molecule has 2 atom stereocenters. The van der Waals surface area contributed by atoms with Crippen molar-refractivity contribution in [3.8, 4) is 0 Å². The average molecular weight is 346 g/mol. The Morgan fingerprint density at radius 3 is 2.73 bits per heavy atom. The third kappa shape index (κ3) is 4.85. The molecule has 1 heterocycles. The summed E-state index contributed by atoms with van der Waals surface area (Å²) in [6, 6.07) is 4.13. The first-order valence-corrected chi connectivity index (χ1v) is 7.79. The zero-order valence-corrected chi connectivity index (χ0v) is 14.9. The number of rotatable bonds is 3. The third-order valence-electron chi connectivity index (χ3n) is 4.12. The predicted molar refractivity (Wildman–Crippen MR) is 95.0 cm³/mol. The summed E-state index contributed by atoms with van der Waals surface area (Å²) >= 11 is 6.22. The number of nitrogens with one attached hydrogen (secondary N) is 1. The maximum atomic E-state index is 12.2. The third-order valence-corrected chi connectivity index (χ3v) is 4.42. The van der Waals surface area contributed by atoms with Gasteiger partial charge in [0, 0.05) is 19.1 Å². The zero-order valence-electron chi connectivity index (χ0n) is 13.4. The minimum absolute atomic E-state index is 0. The zero-order chi connectivity index (χ0) is 15.6. The van der Waals surface area contributed by atoms with Gasteiger partial charge in [0.1, 0.15) is 0 Å². The van der Waals surface area contributed by atoms with Crippen LogP contribution in [0.1, 0.15) is 24.5 Å². The standard InChI is InChI=1S/C16H24ClN3O.ClH/c1-10-6-11(2)16(13(17)7-10)19-15(21)9-20-5-4-14(18)12(3)8-20;/h6-7,12,14H,4-5,8-9,18H2,1-3H3,(H,19,21);1H. The normalized spacial score (nSPS) is 22.0. The van der Waals surface area contributed by atoms with E-state index >= 15 is 0 Å². The molecule has 0 saturated carbocycles. The second-order valence-electron chi connectivity index (χ2n) is 6.15. The number of nitrogens with zero attached hydrogens (tertiary/aromatic N) is 1.